The molecule has 0 aliphatic carbocycles. The predicted octanol–water partition coefficient (Wildman–Crippen LogP) is 2.09. The molecule has 7 nitrogen and oxygen atoms in total. The van der Waals surface area contributed by atoms with Gasteiger partial charge < -0.3 is 10.6 Å². The standard InChI is InChI=1S/C16H15N5O2S/c22-15(7-8-18-16(23)14-6-3-9-24-14)20-12-4-1-2-5-13(12)21-11-17-10-19-21/h1-6,9-11H,7-8H2,(H,18,23)(H,20,22). The van der Waals surface area contributed by atoms with Crippen LogP contribution >= 0.6 is 11.3 Å². The van der Waals surface area contributed by atoms with Crippen LogP contribution in [0.1, 0.15) is 16.1 Å². The maximum Gasteiger partial charge on any atom is 0.261 e. The van der Waals surface area contributed by atoms with Gasteiger partial charge in [-0.25, -0.2) is 9.67 Å². The number of nitrogens with one attached hydrogen (secondary N) is 2. The molecule has 8 heteroatoms. The third-order valence-electron chi connectivity index (χ3n) is 3.23. The lowest BCUT2D eigenvalue weighted by atomic mass is 10.2. The molecule has 0 saturated heterocycles. The first-order valence-electron chi connectivity index (χ1n) is 7.29. The molecular weight excluding hydrogens is 326 g/mol. The summed E-state index contributed by atoms with van der Waals surface area (Å²) in [6.45, 7) is 0.272. The van der Waals surface area contributed by atoms with Gasteiger partial charge in [-0.05, 0) is 23.6 Å². The van der Waals surface area contributed by atoms with Crippen LogP contribution < -0.4 is 10.6 Å². The van der Waals surface area contributed by atoms with E-state index >= 15 is 0 Å². The summed E-state index contributed by atoms with van der Waals surface area (Å²) in [5.74, 6) is -0.352. The van der Waals surface area contributed by atoms with Crippen molar-refractivity contribution in [2.24, 2.45) is 0 Å². The Kier molecular flexibility index (Phi) is 4.97. The zero-order chi connectivity index (χ0) is 16.8. The van der Waals surface area contributed by atoms with Crippen LogP contribution in [0.5, 0.6) is 0 Å². The molecule has 2 N–H and O–H groups in total. The Bertz CT molecular complexity index is 815. The second kappa shape index (κ2) is 7.51. The molecule has 3 aromatic rings. The number of para-hydroxylation sites is 2. The molecule has 0 fully saturated rings. The van der Waals surface area contributed by atoms with E-state index in [0.29, 0.717) is 10.6 Å². The Morgan fingerprint density at radius 2 is 2.04 bits per heavy atom. The second-order valence-electron chi connectivity index (χ2n) is 4.89. The quantitative estimate of drug-likeness (QED) is 0.718. The molecule has 0 aliphatic rings. The highest BCUT2D eigenvalue weighted by atomic mass is 32.1. The maximum atomic E-state index is 12.1. The molecule has 3 rings (SSSR count). The van der Waals surface area contributed by atoms with E-state index in [1.807, 2.05) is 29.6 Å². The SMILES string of the molecule is O=C(CCNC(=O)c1cccs1)Nc1ccccc1-n1cncn1. The Labute approximate surface area is 142 Å². The highest BCUT2D eigenvalue weighted by molar-refractivity contribution is 7.12. The number of amides is 2. The first-order valence-corrected chi connectivity index (χ1v) is 8.17. The largest absolute Gasteiger partial charge is 0.351 e. The fourth-order valence-corrected chi connectivity index (χ4v) is 2.75. The molecule has 0 aliphatic heterocycles. The minimum Gasteiger partial charge on any atom is -0.351 e. The number of nitrogens with zero attached hydrogens (tertiary/aromatic N) is 3. The molecule has 2 heterocycles. The molecule has 0 saturated carbocycles. The lowest BCUT2D eigenvalue weighted by molar-refractivity contribution is -0.116. The highest BCUT2D eigenvalue weighted by Gasteiger charge is 2.10. The highest BCUT2D eigenvalue weighted by Crippen LogP contribution is 2.18. The van der Waals surface area contributed by atoms with Gasteiger partial charge in [0.15, 0.2) is 0 Å². The normalized spacial score (nSPS) is 10.3. The van der Waals surface area contributed by atoms with E-state index in [0.717, 1.165) is 5.69 Å². The summed E-state index contributed by atoms with van der Waals surface area (Å²) in [5.41, 5.74) is 1.36. The van der Waals surface area contributed by atoms with Crippen molar-refractivity contribution in [1.82, 2.24) is 20.1 Å². The van der Waals surface area contributed by atoms with Gasteiger partial charge in [-0.15, -0.1) is 11.3 Å². The van der Waals surface area contributed by atoms with Crippen molar-refractivity contribution >= 4 is 28.8 Å². The van der Waals surface area contributed by atoms with Crippen molar-refractivity contribution in [3.63, 3.8) is 0 Å². The molecule has 122 valence electrons. The van der Waals surface area contributed by atoms with Gasteiger partial charge in [0.1, 0.15) is 12.7 Å². The molecule has 2 amide bonds. The lowest BCUT2D eigenvalue weighted by Gasteiger charge is -2.10. The third-order valence-corrected chi connectivity index (χ3v) is 4.09. The molecule has 1 aromatic carbocycles. The number of aromatic nitrogens is 3. The zero-order valence-electron chi connectivity index (χ0n) is 12.7. The van der Waals surface area contributed by atoms with E-state index in [9.17, 15) is 9.59 Å². The molecular formula is C16H15N5O2S. The van der Waals surface area contributed by atoms with Gasteiger partial charge in [0, 0.05) is 13.0 Å². The van der Waals surface area contributed by atoms with Gasteiger partial charge in [-0.2, -0.15) is 5.10 Å². The predicted molar refractivity (Wildman–Crippen MR) is 91.3 cm³/mol. The van der Waals surface area contributed by atoms with Crippen molar-refractivity contribution in [1.29, 1.82) is 0 Å². The van der Waals surface area contributed by atoms with E-state index < -0.39 is 0 Å². The van der Waals surface area contributed by atoms with Crippen LogP contribution in [0.25, 0.3) is 5.69 Å². The summed E-state index contributed by atoms with van der Waals surface area (Å²) in [6.07, 6.45) is 3.17. The minimum atomic E-state index is -0.186. The van der Waals surface area contributed by atoms with Crippen LogP contribution in [-0.4, -0.2) is 33.1 Å². The number of carbonyl (C=O) groups is 2. The van der Waals surface area contributed by atoms with Crippen LogP contribution in [-0.2, 0) is 4.79 Å². The number of rotatable bonds is 6. The Balaban J connectivity index is 1.55. The maximum absolute atomic E-state index is 12.1. The Morgan fingerprint density at radius 3 is 2.79 bits per heavy atom. The van der Waals surface area contributed by atoms with Crippen LogP contribution in [0, 0.1) is 0 Å². The first-order chi connectivity index (χ1) is 11.7. The third kappa shape index (κ3) is 3.85. The molecule has 0 radical (unpaired) electrons. The van der Waals surface area contributed by atoms with E-state index in [4.69, 9.17) is 0 Å². The van der Waals surface area contributed by atoms with Crippen molar-refractivity contribution in [3.05, 3.63) is 59.3 Å². The zero-order valence-corrected chi connectivity index (χ0v) is 13.5. The van der Waals surface area contributed by atoms with Crippen LogP contribution in [0.15, 0.2) is 54.4 Å². The number of hydrogen-bond donors (Lipinski definition) is 2. The molecule has 0 bridgehead atoms. The summed E-state index contributed by atoms with van der Waals surface area (Å²) in [6, 6.07) is 10.9. The fraction of sp³-hybridized carbons (Fsp3) is 0.125. The van der Waals surface area contributed by atoms with E-state index in [1.165, 1.54) is 17.7 Å². The topological polar surface area (TPSA) is 88.9 Å². The molecule has 0 spiro atoms. The summed E-state index contributed by atoms with van der Waals surface area (Å²) in [7, 11) is 0. The van der Waals surface area contributed by atoms with Crippen LogP contribution in [0.3, 0.4) is 0 Å². The van der Waals surface area contributed by atoms with Gasteiger partial charge >= 0.3 is 0 Å². The lowest BCUT2D eigenvalue weighted by Crippen LogP contribution is -2.27. The number of benzene rings is 1. The van der Waals surface area contributed by atoms with Crippen molar-refractivity contribution in [2.45, 2.75) is 6.42 Å². The smallest absolute Gasteiger partial charge is 0.261 e. The summed E-state index contributed by atoms with van der Waals surface area (Å²) >= 11 is 1.36. The number of hydrogen-bond acceptors (Lipinski definition) is 5. The summed E-state index contributed by atoms with van der Waals surface area (Å²) in [4.78, 5) is 28.4. The van der Waals surface area contributed by atoms with Gasteiger partial charge in [-0.3, -0.25) is 9.59 Å². The first kappa shape index (κ1) is 15.9. The van der Waals surface area contributed by atoms with Gasteiger partial charge in [0.25, 0.3) is 5.91 Å². The molecule has 0 unspecified atom stereocenters. The van der Waals surface area contributed by atoms with Crippen molar-refractivity contribution in [2.75, 3.05) is 11.9 Å². The van der Waals surface area contributed by atoms with Crippen molar-refractivity contribution in [3.8, 4) is 5.69 Å². The number of thiophene rings is 1. The molecule has 2 aromatic heterocycles. The minimum absolute atomic E-state index is 0.166. The van der Waals surface area contributed by atoms with Gasteiger partial charge in [0.2, 0.25) is 5.91 Å². The molecule has 24 heavy (non-hydrogen) atoms. The van der Waals surface area contributed by atoms with E-state index in [-0.39, 0.29) is 24.8 Å². The average Bonchev–Trinajstić information content (AvgIpc) is 3.29. The number of carbonyl (C=O) groups excluding carboxylic acids is 2. The van der Waals surface area contributed by atoms with Crippen LogP contribution in [0.2, 0.25) is 0 Å². The Hall–Kier alpha value is -3.00. The molecule has 0 atom stereocenters. The average molecular weight is 341 g/mol. The summed E-state index contributed by atoms with van der Waals surface area (Å²) in [5, 5.41) is 11.5. The second-order valence-corrected chi connectivity index (χ2v) is 5.84. The summed E-state index contributed by atoms with van der Waals surface area (Å²) < 4.78 is 1.58. The van der Waals surface area contributed by atoms with E-state index in [2.05, 4.69) is 20.7 Å². The van der Waals surface area contributed by atoms with Gasteiger partial charge in [-0.1, -0.05) is 18.2 Å². The van der Waals surface area contributed by atoms with Crippen molar-refractivity contribution < 1.29 is 9.59 Å². The van der Waals surface area contributed by atoms with Crippen LogP contribution in [0.4, 0.5) is 5.69 Å². The number of anilines is 1. The van der Waals surface area contributed by atoms with E-state index in [1.54, 1.807) is 23.1 Å². The fourth-order valence-electron chi connectivity index (χ4n) is 2.11. The van der Waals surface area contributed by atoms with Gasteiger partial charge in [0.05, 0.1) is 16.3 Å². The monoisotopic (exact) mass is 341 g/mol. The Morgan fingerprint density at radius 1 is 1.17 bits per heavy atom.